The summed E-state index contributed by atoms with van der Waals surface area (Å²) in [5, 5.41) is 5.98. The molecular formula is C20H18F4N6O2. The Morgan fingerprint density at radius 2 is 1.94 bits per heavy atom. The second-order valence-electron chi connectivity index (χ2n) is 7.25. The van der Waals surface area contributed by atoms with Crippen molar-refractivity contribution in [3.63, 3.8) is 0 Å². The van der Waals surface area contributed by atoms with E-state index in [-0.39, 0.29) is 52.3 Å². The summed E-state index contributed by atoms with van der Waals surface area (Å²) in [7, 11) is 0. The van der Waals surface area contributed by atoms with E-state index in [0.29, 0.717) is 0 Å². The molecule has 0 unspecified atom stereocenters. The van der Waals surface area contributed by atoms with Crippen molar-refractivity contribution < 1.29 is 26.8 Å². The number of benzene rings is 2. The van der Waals surface area contributed by atoms with Gasteiger partial charge in [-0.15, -0.1) is 0 Å². The highest BCUT2D eigenvalue weighted by molar-refractivity contribution is 6.13. The quantitative estimate of drug-likeness (QED) is 0.159. The van der Waals surface area contributed by atoms with Crippen LogP contribution in [-0.4, -0.2) is 30.8 Å². The Morgan fingerprint density at radius 1 is 1.16 bits per heavy atom. The molecule has 2 aromatic carbocycles. The van der Waals surface area contributed by atoms with Gasteiger partial charge in [0.25, 0.3) is 11.8 Å². The third-order valence-electron chi connectivity index (χ3n) is 5.14. The summed E-state index contributed by atoms with van der Waals surface area (Å²) in [6.45, 7) is -0.541. The van der Waals surface area contributed by atoms with Gasteiger partial charge in [-0.25, -0.2) is 23.4 Å². The molecule has 1 aliphatic heterocycles. The third kappa shape index (κ3) is 3.91. The highest BCUT2D eigenvalue weighted by Gasteiger charge is 2.39. The van der Waals surface area contributed by atoms with Crippen LogP contribution in [0.25, 0.3) is 11.0 Å². The Kier molecular flexibility index (Phi) is 5.38. The molecule has 8 nitrogen and oxygen atoms in total. The molecule has 1 fully saturated rings. The molecule has 0 saturated carbocycles. The number of furan rings is 1. The minimum absolute atomic E-state index is 0.000986. The van der Waals surface area contributed by atoms with Crippen LogP contribution in [0.5, 0.6) is 0 Å². The highest BCUT2D eigenvalue weighted by atomic mass is 19.3. The summed E-state index contributed by atoms with van der Waals surface area (Å²) < 4.78 is 61.1. The normalized spacial score (nSPS) is 15.9. The number of hydrogen-bond donors (Lipinski definition) is 4. The topological polar surface area (TPSA) is 122 Å². The van der Waals surface area contributed by atoms with E-state index < -0.39 is 30.0 Å². The lowest BCUT2D eigenvalue weighted by Gasteiger charge is -2.19. The van der Waals surface area contributed by atoms with Crippen LogP contribution < -0.4 is 27.3 Å². The molecule has 1 aliphatic rings. The van der Waals surface area contributed by atoms with Gasteiger partial charge in [-0.3, -0.25) is 4.79 Å². The molecular weight excluding hydrogens is 432 g/mol. The van der Waals surface area contributed by atoms with E-state index in [0.717, 1.165) is 18.4 Å². The van der Waals surface area contributed by atoms with E-state index in [1.165, 1.54) is 23.1 Å². The van der Waals surface area contributed by atoms with Gasteiger partial charge >= 0.3 is 0 Å². The predicted octanol–water partition coefficient (Wildman–Crippen LogP) is 2.89. The molecule has 1 aromatic heterocycles. The Morgan fingerprint density at radius 3 is 2.56 bits per heavy atom. The van der Waals surface area contributed by atoms with Gasteiger partial charge in [-0.1, -0.05) is 0 Å². The van der Waals surface area contributed by atoms with Crippen molar-refractivity contribution in [2.75, 3.05) is 23.3 Å². The number of anilines is 2. The summed E-state index contributed by atoms with van der Waals surface area (Å²) in [6, 6.07) is 6.07. The zero-order valence-corrected chi connectivity index (χ0v) is 16.5. The summed E-state index contributed by atoms with van der Waals surface area (Å²) in [5.41, 5.74) is 2.38. The van der Waals surface area contributed by atoms with Gasteiger partial charge in [-0.2, -0.15) is 5.10 Å². The fourth-order valence-corrected chi connectivity index (χ4v) is 3.57. The summed E-state index contributed by atoms with van der Waals surface area (Å²) in [5.74, 6) is 5.22. The molecule has 4 rings (SSSR count). The number of nitrogens with zero attached hydrogens (tertiary/aromatic N) is 2. The fraction of sp³-hybridized carbons (Fsp3) is 0.200. The van der Waals surface area contributed by atoms with Crippen LogP contribution in [0.4, 0.5) is 28.9 Å². The van der Waals surface area contributed by atoms with Gasteiger partial charge in [0.05, 0.1) is 23.4 Å². The zero-order valence-electron chi connectivity index (χ0n) is 16.5. The van der Waals surface area contributed by atoms with Crippen molar-refractivity contribution in [2.24, 2.45) is 16.8 Å². The van der Waals surface area contributed by atoms with Crippen molar-refractivity contribution in [3.8, 4) is 0 Å². The molecule has 3 aromatic rings. The maximum absolute atomic E-state index is 14.5. The number of nitrogens with one attached hydrogen (secondary N) is 2. The summed E-state index contributed by atoms with van der Waals surface area (Å²) >= 11 is 0. The molecule has 0 aliphatic carbocycles. The number of fused-ring (bicyclic) bond motifs is 1. The van der Waals surface area contributed by atoms with Crippen LogP contribution in [-0.2, 0) is 0 Å². The van der Waals surface area contributed by atoms with Gasteiger partial charge in [-0.05, 0) is 30.3 Å². The smallest absolute Gasteiger partial charge is 0.266 e. The van der Waals surface area contributed by atoms with Crippen LogP contribution in [0.2, 0.25) is 0 Å². The minimum atomic E-state index is -2.87. The monoisotopic (exact) mass is 450 g/mol. The average molecular weight is 450 g/mol. The number of carbonyl (C=O) groups excluding carboxylic acids is 1. The summed E-state index contributed by atoms with van der Waals surface area (Å²) in [4.78, 5) is 13.9. The van der Waals surface area contributed by atoms with E-state index >= 15 is 0 Å². The summed E-state index contributed by atoms with van der Waals surface area (Å²) in [6.07, 6.45) is 0.770. The van der Waals surface area contributed by atoms with Crippen molar-refractivity contribution in [1.29, 1.82) is 0 Å². The zero-order chi connectivity index (χ0) is 23.0. The van der Waals surface area contributed by atoms with Gasteiger partial charge < -0.3 is 25.9 Å². The maximum atomic E-state index is 14.5. The van der Waals surface area contributed by atoms with Crippen molar-refractivity contribution in [1.82, 2.24) is 5.43 Å². The highest BCUT2D eigenvalue weighted by Crippen LogP contribution is 2.33. The van der Waals surface area contributed by atoms with E-state index in [1.54, 1.807) is 0 Å². The Hall–Kier alpha value is -3.80. The lowest BCUT2D eigenvalue weighted by Crippen LogP contribution is -2.32. The number of hydrazine groups is 1. The van der Waals surface area contributed by atoms with Crippen molar-refractivity contribution in [3.05, 3.63) is 59.4 Å². The van der Waals surface area contributed by atoms with E-state index in [4.69, 9.17) is 16.1 Å². The Labute approximate surface area is 178 Å². The van der Waals surface area contributed by atoms with E-state index in [2.05, 4.69) is 15.8 Å². The lowest BCUT2D eigenvalue weighted by molar-refractivity contribution is 0.0257. The number of hydrazone groups is 1. The fourth-order valence-electron chi connectivity index (χ4n) is 3.57. The minimum Gasteiger partial charge on any atom is -0.463 e. The van der Waals surface area contributed by atoms with Gasteiger partial charge in [0.1, 0.15) is 23.5 Å². The number of halogens is 4. The number of amides is 1. The standard InChI is InChI=1S/C20H18F4N6O2/c21-14-6-11-13(8-32-17(11)7-12(14)18(28-25)29-26)19(31)27-10-1-2-16(15(22)5-10)30-4-3-20(23,24)9-30/h1-2,5-8H,3-4,9,25-26H2,(H,27,31)(H,28,29). The molecule has 1 amide bonds. The SMILES string of the molecule is N/N=C(\NN)c1cc2occ(C(=O)Nc3ccc(N4CCC(F)(F)C4)c(F)c3)c2cc1F. The molecule has 0 spiro atoms. The number of amidine groups is 1. The number of rotatable bonds is 4. The first kappa shape index (κ1) is 21.4. The third-order valence-corrected chi connectivity index (χ3v) is 5.14. The predicted molar refractivity (Wildman–Crippen MR) is 110 cm³/mol. The molecule has 0 bridgehead atoms. The van der Waals surface area contributed by atoms with Crippen LogP contribution in [0, 0.1) is 11.6 Å². The number of nitrogens with two attached hydrogens (primary N) is 2. The molecule has 1 saturated heterocycles. The second kappa shape index (κ2) is 8.04. The second-order valence-corrected chi connectivity index (χ2v) is 7.25. The largest absolute Gasteiger partial charge is 0.463 e. The van der Waals surface area contributed by atoms with E-state index in [9.17, 15) is 22.4 Å². The van der Waals surface area contributed by atoms with Crippen LogP contribution >= 0.6 is 0 Å². The first-order valence-corrected chi connectivity index (χ1v) is 9.41. The van der Waals surface area contributed by atoms with Gasteiger partial charge in [0.15, 0.2) is 5.84 Å². The Balaban J connectivity index is 1.57. The average Bonchev–Trinajstić information content (AvgIpc) is 3.31. The van der Waals surface area contributed by atoms with Gasteiger partial charge in [0, 0.05) is 24.0 Å². The molecule has 6 N–H and O–H groups in total. The number of alkyl halides is 2. The lowest BCUT2D eigenvalue weighted by atomic mass is 10.1. The maximum Gasteiger partial charge on any atom is 0.266 e. The van der Waals surface area contributed by atoms with E-state index in [1.807, 2.05) is 0 Å². The van der Waals surface area contributed by atoms with Crippen LogP contribution in [0.3, 0.4) is 0 Å². The van der Waals surface area contributed by atoms with Crippen LogP contribution in [0.15, 0.2) is 46.1 Å². The molecule has 0 atom stereocenters. The number of hydrogen-bond acceptors (Lipinski definition) is 6. The molecule has 12 heteroatoms. The first-order chi connectivity index (χ1) is 15.2. The number of carbonyl (C=O) groups is 1. The molecule has 2 heterocycles. The van der Waals surface area contributed by atoms with Crippen molar-refractivity contribution >= 4 is 34.1 Å². The first-order valence-electron chi connectivity index (χ1n) is 9.41. The molecule has 168 valence electrons. The molecule has 32 heavy (non-hydrogen) atoms. The van der Waals surface area contributed by atoms with Crippen molar-refractivity contribution in [2.45, 2.75) is 12.3 Å². The molecule has 0 radical (unpaired) electrons. The van der Waals surface area contributed by atoms with Crippen LogP contribution in [0.1, 0.15) is 22.3 Å². The van der Waals surface area contributed by atoms with Gasteiger partial charge in [0.2, 0.25) is 0 Å². The Bertz CT molecular complexity index is 1230.